The summed E-state index contributed by atoms with van der Waals surface area (Å²) in [5, 5.41) is 3.40. The molecule has 0 spiro atoms. The summed E-state index contributed by atoms with van der Waals surface area (Å²) in [4.78, 5) is 0. The van der Waals surface area contributed by atoms with Crippen LogP contribution in [-0.4, -0.2) is 13.7 Å². The van der Waals surface area contributed by atoms with Gasteiger partial charge in [-0.2, -0.15) is 0 Å². The zero-order valence-corrected chi connectivity index (χ0v) is 11.9. The average molecular weight is 306 g/mol. The van der Waals surface area contributed by atoms with E-state index in [2.05, 4.69) is 45.5 Å². The fourth-order valence-electron chi connectivity index (χ4n) is 1.77. The molecule has 2 aromatic carbocycles. The molecule has 0 aliphatic rings. The number of hydrogen-bond donors (Lipinski definition) is 1. The van der Waals surface area contributed by atoms with Gasteiger partial charge in [0.25, 0.3) is 0 Å². The number of benzene rings is 2. The van der Waals surface area contributed by atoms with E-state index in [0.29, 0.717) is 0 Å². The van der Waals surface area contributed by atoms with E-state index in [0.717, 1.165) is 28.9 Å². The highest BCUT2D eigenvalue weighted by Crippen LogP contribution is 2.27. The summed E-state index contributed by atoms with van der Waals surface area (Å²) in [6, 6.07) is 16.5. The summed E-state index contributed by atoms with van der Waals surface area (Å²) in [6.45, 7) is 0.919. The predicted molar refractivity (Wildman–Crippen MR) is 79.3 cm³/mol. The number of ether oxygens (including phenoxy) is 1. The minimum absolute atomic E-state index is 0.851. The molecule has 0 atom stereocenters. The molecule has 0 amide bonds. The molecule has 0 aromatic heterocycles. The van der Waals surface area contributed by atoms with Crippen LogP contribution in [0.4, 0.5) is 5.69 Å². The second-order valence-electron chi connectivity index (χ2n) is 4.01. The molecular weight excluding hydrogens is 290 g/mol. The van der Waals surface area contributed by atoms with E-state index in [1.165, 1.54) is 5.56 Å². The summed E-state index contributed by atoms with van der Waals surface area (Å²) in [5.41, 5.74) is 2.44. The monoisotopic (exact) mass is 305 g/mol. The maximum atomic E-state index is 5.20. The Labute approximate surface area is 116 Å². The van der Waals surface area contributed by atoms with Crippen molar-refractivity contribution in [3.05, 3.63) is 58.6 Å². The van der Waals surface area contributed by atoms with E-state index in [1.807, 2.05) is 24.3 Å². The van der Waals surface area contributed by atoms with Gasteiger partial charge in [0.05, 0.1) is 11.6 Å². The summed E-state index contributed by atoms with van der Waals surface area (Å²) in [6.07, 6.45) is 1.02. The van der Waals surface area contributed by atoms with Crippen molar-refractivity contribution in [1.29, 1.82) is 0 Å². The molecule has 2 aromatic rings. The quantitative estimate of drug-likeness (QED) is 0.897. The Bertz CT molecular complexity index is 499. The van der Waals surface area contributed by atoms with Gasteiger partial charge in [0.2, 0.25) is 0 Å². The second kappa shape index (κ2) is 6.45. The largest absolute Gasteiger partial charge is 0.496 e. The minimum atomic E-state index is 0.851. The molecule has 2 nitrogen and oxygen atoms in total. The Morgan fingerprint density at radius 2 is 1.89 bits per heavy atom. The first-order valence-corrected chi connectivity index (χ1v) is 6.70. The van der Waals surface area contributed by atoms with Gasteiger partial charge in [-0.1, -0.05) is 30.3 Å². The molecule has 94 valence electrons. The van der Waals surface area contributed by atoms with Gasteiger partial charge in [0.15, 0.2) is 0 Å². The Morgan fingerprint density at radius 3 is 2.56 bits per heavy atom. The highest BCUT2D eigenvalue weighted by atomic mass is 79.9. The normalized spacial score (nSPS) is 10.1. The number of methoxy groups -OCH3 is 1. The zero-order valence-electron chi connectivity index (χ0n) is 10.3. The van der Waals surface area contributed by atoms with Crippen LogP contribution in [0.1, 0.15) is 5.56 Å². The lowest BCUT2D eigenvalue weighted by Crippen LogP contribution is -2.04. The summed E-state index contributed by atoms with van der Waals surface area (Å²) >= 11 is 3.48. The van der Waals surface area contributed by atoms with Gasteiger partial charge in [-0.15, -0.1) is 0 Å². The molecule has 0 radical (unpaired) electrons. The maximum absolute atomic E-state index is 5.20. The highest BCUT2D eigenvalue weighted by Gasteiger charge is 2.00. The van der Waals surface area contributed by atoms with Crippen LogP contribution < -0.4 is 10.1 Å². The Balaban J connectivity index is 1.89. The van der Waals surface area contributed by atoms with E-state index in [1.54, 1.807) is 7.11 Å². The van der Waals surface area contributed by atoms with E-state index < -0.39 is 0 Å². The molecule has 0 bridgehead atoms. The number of hydrogen-bond acceptors (Lipinski definition) is 2. The molecule has 1 N–H and O–H groups in total. The van der Waals surface area contributed by atoms with Crippen molar-refractivity contribution >= 4 is 21.6 Å². The average Bonchev–Trinajstić information content (AvgIpc) is 2.40. The van der Waals surface area contributed by atoms with Crippen molar-refractivity contribution in [2.75, 3.05) is 19.0 Å². The van der Waals surface area contributed by atoms with Gasteiger partial charge in [-0.05, 0) is 46.1 Å². The summed E-state index contributed by atoms with van der Waals surface area (Å²) in [7, 11) is 1.67. The molecule has 0 aliphatic carbocycles. The Kier molecular flexibility index (Phi) is 4.65. The molecule has 0 heterocycles. The van der Waals surface area contributed by atoms with Crippen molar-refractivity contribution in [3.63, 3.8) is 0 Å². The van der Waals surface area contributed by atoms with Crippen LogP contribution in [0.15, 0.2) is 53.0 Å². The second-order valence-corrected chi connectivity index (χ2v) is 4.87. The fraction of sp³-hybridized carbons (Fsp3) is 0.200. The van der Waals surface area contributed by atoms with E-state index in [4.69, 9.17) is 4.74 Å². The van der Waals surface area contributed by atoms with Gasteiger partial charge < -0.3 is 10.1 Å². The third kappa shape index (κ3) is 3.50. The minimum Gasteiger partial charge on any atom is -0.496 e. The lowest BCUT2D eigenvalue weighted by Gasteiger charge is -2.09. The molecule has 0 fully saturated rings. The fourth-order valence-corrected chi connectivity index (χ4v) is 2.31. The van der Waals surface area contributed by atoms with Crippen LogP contribution in [0.2, 0.25) is 0 Å². The lowest BCUT2D eigenvalue weighted by atomic mass is 10.1. The third-order valence-electron chi connectivity index (χ3n) is 2.74. The van der Waals surface area contributed by atoms with Crippen molar-refractivity contribution in [2.45, 2.75) is 6.42 Å². The lowest BCUT2D eigenvalue weighted by molar-refractivity contribution is 0.412. The molecule has 0 saturated heterocycles. The van der Waals surface area contributed by atoms with Gasteiger partial charge in [-0.3, -0.25) is 0 Å². The van der Waals surface area contributed by atoms with E-state index in [9.17, 15) is 0 Å². The van der Waals surface area contributed by atoms with Gasteiger partial charge >= 0.3 is 0 Å². The van der Waals surface area contributed by atoms with Crippen molar-refractivity contribution < 1.29 is 4.74 Å². The maximum Gasteiger partial charge on any atom is 0.133 e. The molecule has 18 heavy (non-hydrogen) atoms. The van der Waals surface area contributed by atoms with Crippen LogP contribution in [0.25, 0.3) is 0 Å². The Hall–Kier alpha value is -1.48. The first kappa shape index (κ1) is 13.0. The Morgan fingerprint density at radius 1 is 1.11 bits per heavy atom. The molecule has 0 saturated carbocycles. The van der Waals surface area contributed by atoms with Gasteiger partial charge in [0, 0.05) is 12.2 Å². The zero-order chi connectivity index (χ0) is 12.8. The topological polar surface area (TPSA) is 21.3 Å². The SMILES string of the molecule is COc1ccc(NCCc2ccccc2)cc1Br. The molecular formula is C15H16BrNO. The number of anilines is 1. The number of nitrogens with one attached hydrogen (secondary N) is 1. The molecule has 3 heteroatoms. The summed E-state index contributed by atoms with van der Waals surface area (Å²) < 4.78 is 6.17. The van der Waals surface area contributed by atoms with Crippen LogP contribution in [-0.2, 0) is 6.42 Å². The van der Waals surface area contributed by atoms with Crippen LogP contribution in [0, 0.1) is 0 Å². The first-order valence-electron chi connectivity index (χ1n) is 5.91. The van der Waals surface area contributed by atoms with Crippen molar-refractivity contribution in [3.8, 4) is 5.75 Å². The first-order chi connectivity index (χ1) is 8.79. The van der Waals surface area contributed by atoms with Gasteiger partial charge in [0.1, 0.15) is 5.75 Å². The van der Waals surface area contributed by atoms with E-state index >= 15 is 0 Å². The number of rotatable bonds is 5. The number of halogens is 1. The third-order valence-corrected chi connectivity index (χ3v) is 3.36. The van der Waals surface area contributed by atoms with Crippen LogP contribution in [0.3, 0.4) is 0 Å². The highest BCUT2D eigenvalue weighted by molar-refractivity contribution is 9.10. The van der Waals surface area contributed by atoms with Crippen molar-refractivity contribution in [2.24, 2.45) is 0 Å². The standard InChI is InChI=1S/C15H16BrNO/c1-18-15-8-7-13(11-14(15)16)17-10-9-12-5-3-2-4-6-12/h2-8,11,17H,9-10H2,1H3. The van der Waals surface area contributed by atoms with Gasteiger partial charge in [-0.25, -0.2) is 0 Å². The molecule has 2 rings (SSSR count). The molecule has 0 aliphatic heterocycles. The predicted octanol–water partition coefficient (Wildman–Crippen LogP) is 4.11. The van der Waals surface area contributed by atoms with E-state index in [-0.39, 0.29) is 0 Å². The smallest absolute Gasteiger partial charge is 0.133 e. The van der Waals surface area contributed by atoms with Crippen LogP contribution in [0.5, 0.6) is 5.75 Å². The molecule has 0 unspecified atom stereocenters. The van der Waals surface area contributed by atoms with Crippen molar-refractivity contribution in [1.82, 2.24) is 0 Å². The summed E-state index contributed by atoms with van der Waals surface area (Å²) in [5.74, 6) is 0.851. The van der Waals surface area contributed by atoms with Crippen LogP contribution >= 0.6 is 15.9 Å².